The minimum Gasteiger partial charge on any atom is -0.486 e. The number of rotatable bonds is 4. The van der Waals surface area contributed by atoms with Crippen LogP contribution in [0.25, 0.3) is 6.08 Å². The van der Waals surface area contributed by atoms with E-state index in [1.54, 1.807) is 30.3 Å². The third-order valence-corrected chi connectivity index (χ3v) is 7.10. The standard InChI is InChI=1S/C23H18Br2Cl2O5/c24-17-9-13(8-16-21(28)31-23(32-22(16)29)6-2-1-3-7-23)10-18(25)20(17)30-12-14-4-5-15(26)11-19(14)27/h4-5,8-11H,1-3,6-7,12H2. The van der Waals surface area contributed by atoms with Gasteiger partial charge >= 0.3 is 11.9 Å². The van der Waals surface area contributed by atoms with Gasteiger partial charge in [0, 0.05) is 28.5 Å². The van der Waals surface area contributed by atoms with Gasteiger partial charge < -0.3 is 14.2 Å². The number of hydrogen-bond donors (Lipinski definition) is 0. The highest BCUT2D eigenvalue weighted by Crippen LogP contribution is 2.39. The molecule has 1 heterocycles. The lowest BCUT2D eigenvalue weighted by molar-refractivity contribution is -0.244. The molecule has 1 aliphatic heterocycles. The molecule has 0 aromatic heterocycles. The maximum Gasteiger partial charge on any atom is 0.348 e. The van der Waals surface area contributed by atoms with Crippen molar-refractivity contribution in [2.45, 2.75) is 44.5 Å². The number of benzene rings is 2. The summed E-state index contributed by atoms with van der Waals surface area (Å²) in [5, 5.41) is 1.06. The summed E-state index contributed by atoms with van der Waals surface area (Å²) >= 11 is 19.1. The van der Waals surface area contributed by atoms with Crippen molar-refractivity contribution in [1.29, 1.82) is 0 Å². The Morgan fingerprint density at radius 3 is 2.19 bits per heavy atom. The predicted octanol–water partition coefficient (Wildman–Crippen LogP) is 7.24. The maximum atomic E-state index is 12.6. The van der Waals surface area contributed by atoms with Gasteiger partial charge in [-0.3, -0.25) is 0 Å². The van der Waals surface area contributed by atoms with E-state index in [0.29, 0.717) is 43.1 Å². The smallest absolute Gasteiger partial charge is 0.348 e. The fraction of sp³-hybridized carbons (Fsp3) is 0.304. The van der Waals surface area contributed by atoms with E-state index in [2.05, 4.69) is 31.9 Å². The van der Waals surface area contributed by atoms with Crippen LogP contribution >= 0.6 is 55.1 Å². The second-order valence-corrected chi connectivity index (χ2v) is 10.2. The van der Waals surface area contributed by atoms with Crippen molar-refractivity contribution in [3.05, 3.63) is 66.0 Å². The second kappa shape index (κ2) is 9.75. The number of halogens is 4. The van der Waals surface area contributed by atoms with Crippen LogP contribution < -0.4 is 4.74 Å². The lowest BCUT2D eigenvalue weighted by Crippen LogP contribution is -2.47. The number of hydrogen-bond acceptors (Lipinski definition) is 5. The van der Waals surface area contributed by atoms with Gasteiger partial charge in [0.05, 0.1) is 8.95 Å². The molecule has 2 fully saturated rings. The van der Waals surface area contributed by atoms with Crippen molar-refractivity contribution in [2.24, 2.45) is 0 Å². The third kappa shape index (κ3) is 5.16. The molecule has 0 atom stereocenters. The molecule has 2 aliphatic rings. The van der Waals surface area contributed by atoms with Crippen LogP contribution in [0.15, 0.2) is 44.9 Å². The molecule has 5 nitrogen and oxygen atoms in total. The molecule has 0 radical (unpaired) electrons. The van der Waals surface area contributed by atoms with E-state index in [4.69, 9.17) is 37.4 Å². The third-order valence-electron chi connectivity index (χ3n) is 5.33. The van der Waals surface area contributed by atoms with Crippen molar-refractivity contribution in [1.82, 2.24) is 0 Å². The molecule has 9 heteroatoms. The van der Waals surface area contributed by atoms with Crippen molar-refractivity contribution >= 4 is 73.1 Å². The summed E-state index contributed by atoms with van der Waals surface area (Å²) in [5.41, 5.74) is 1.25. The van der Waals surface area contributed by atoms with Gasteiger partial charge in [0.2, 0.25) is 0 Å². The molecule has 0 bridgehead atoms. The molecule has 1 aliphatic carbocycles. The molecule has 168 valence electrons. The SMILES string of the molecule is O=C1OC2(CCCCC2)OC(=O)C1=Cc1cc(Br)c(OCc2ccc(Cl)cc2Cl)c(Br)c1. The van der Waals surface area contributed by atoms with Crippen molar-refractivity contribution in [3.8, 4) is 5.75 Å². The van der Waals surface area contributed by atoms with Crippen LogP contribution in [-0.2, 0) is 25.7 Å². The summed E-state index contributed by atoms with van der Waals surface area (Å²) < 4.78 is 18.3. The zero-order chi connectivity index (χ0) is 22.9. The Hall–Kier alpha value is -1.54. The summed E-state index contributed by atoms with van der Waals surface area (Å²) in [6.45, 7) is 0.231. The van der Waals surface area contributed by atoms with Gasteiger partial charge in [-0.05, 0) is 80.6 Å². The number of carbonyl (C=O) groups is 2. The van der Waals surface area contributed by atoms with Crippen LogP contribution in [0.2, 0.25) is 10.0 Å². The van der Waals surface area contributed by atoms with E-state index in [9.17, 15) is 9.59 Å². The van der Waals surface area contributed by atoms with Gasteiger partial charge in [-0.15, -0.1) is 0 Å². The molecule has 1 spiro atoms. The summed E-state index contributed by atoms with van der Waals surface area (Å²) in [6, 6.07) is 8.67. The Morgan fingerprint density at radius 1 is 0.969 bits per heavy atom. The van der Waals surface area contributed by atoms with Crippen LogP contribution in [0.5, 0.6) is 5.75 Å². The van der Waals surface area contributed by atoms with E-state index >= 15 is 0 Å². The largest absolute Gasteiger partial charge is 0.486 e. The Kier molecular flexibility index (Phi) is 7.20. The van der Waals surface area contributed by atoms with Crippen LogP contribution in [-0.4, -0.2) is 17.7 Å². The average Bonchev–Trinajstić information content (AvgIpc) is 2.72. The fourth-order valence-corrected chi connectivity index (χ4v) is 5.63. The molecule has 1 saturated carbocycles. The van der Waals surface area contributed by atoms with E-state index in [0.717, 1.165) is 24.8 Å². The lowest BCUT2D eigenvalue weighted by Gasteiger charge is -2.38. The van der Waals surface area contributed by atoms with Crippen LogP contribution in [0.1, 0.15) is 43.2 Å². The zero-order valence-electron chi connectivity index (χ0n) is 16.8. The molecular formula is C23H18Br2Cl2O5. The molecule has 0 unspecified atom stereocenters. The highest BCUT2D eigenvalue weighted by atomic mass is 79.9. The van der Waals surface area contributed by atoms with E-state index in [-0.39, 0.29) is 12.2 Å². The first-order valence-electron chi connectivity index (χ1n) is 10.0. The van der Waals surface area contributed by atoms with Gasteiger partial charge in [-0.25, -0.2) is 9.59 Å². The summed E-state index contributed by atoms with van der Waals surface area (Å²) in [5.74, 6) is -1.87. The quantitative estimate of drug-likeness (QED) is 0.209. The van der Waals surface area contributed by atoms with Crippen molar-refractivity contribution < 1.29 is 23.8 Å². The van der Waals surface area contributed by atoms with Crippen molar-refractivity contribution in [2.75, 3.05) is 0 Å². The lowest BCUT2D eigenvalue weighted by atomic mass is 9.93. The van der Waals surface area contributed by atoms with Gasteiger partial charge in [-0.2, -0.15) is 0 Å². The summed E-state index contributed by atoms with van der Waals surface area (Å²) in [4.78, 5) is 25.1. The van der Waals surface area contributed by atoms with Crippen LogP contribution in [0, 0.1) is 0 Å². The highest BCUT2D eigenvalue weighted by Gasteiger charge is 2.46. The number of ether oxygens (including phenoxy) is 3. The Bertz CT molecular complexity index is 1060. The minimum atomic E-state index is -1.11. The normalized spacial score (nSPS) is 17.7. The monoisotopic (exact) mass is 602 g/mol. The first kappa shape index (κ1) is 23.6. The van der Waals surface area contributed by atoms with E-state index in [1.807, 2.05) is 0 Å². The minimum absolute atomic E-state index is 0.137. The topological polar surface area (TPSA) is 61.8 Å². The van der Waals surface area contributed by atoms with Crippen LogP contribution in [0.4, 0.5) is 0 Å². The molecule has 32 heavy (non-hydrogen) atoms. The molecule has 0 N–H and O–H groups in total. The fourth-order valence-electron chi connectivity index (χ4n) is 3.72. The Morgan fingerprint density at radius 2 is 1.59 bits per heavy atom. The molecule has 2 aromatic rings. The highest BCUT2D eigenvalue weighted by molar-refractivity contribution is 9.11. The first-order valence-corrected chi connectivity index (χ1v) is 12.3. The summed E-state index contributed by atoms with van der Waals surface area (Å²) in [6.07, 6.45) is 5.30. The van der Waals surface area contributed by atoms with E-state index < -0.39 is 17.7 Å². The molecule has 4 rings (SSSR count). The van der Waals surface area contributed by atoms with Gasteiger partial charge in [0.1, 0.15) is 17.9 Å². The number of esters is 2. The van der Waals surface area contributed by atoms with Gasteiger partial charge in [-0.1, -0.05) is 35.7 Å². The van der Waals surface area contributed by atoms with E-state index in [1.165, 1.54) is 6.08 Å². The average molecular weight is 605 g/mol. The van der Waals surface area contributed by atoms with Gasteiger partial charge in [0.25, 0.3) is 5.79 Å². The summed E-state index contributed by atoms with van der Waals surface area (Å²) in [7, 11) is 0. The molecule has 2 aromatic carbocycles. The van der Waals surface area contributed by atoms with Crippen molar-refractivity contribution in [3.63, 3.8) is 0 Å². The second-order valence-electron chi connectivity index (χ2n) is 7.65. The zero-order valence-corrected chi connectivity index (χ0v) is 21.4. The number of carbonyl (C=O) groups excluding carboxylic acids is 2. The van der Waals surface area contributed by atoms with Gasteiger partial charge in [0.15, 0.2) is 0 Å². The maximum absolute atomic E-state index is 12.6. The Balaban J connectivity index is 1.52. The van der Waals surface area contributed by atoms with Crippen LogP contribution in [0.3, 0.4) is 0 Å². The molecular weight excluding hydrogens is 587 g/mol. The molecule has 1 saturated heterocycles. The first-order chi connectivity index (χ1) is 15.3. The predicted molar refractivity (Wildman–Crippen MR) is 129 cm³/mol. The Labute approximate surface area is 212 Å². The molecule has 0 amide bonds.